The summed E-state index contributed by atoms with van der Waals surface area (Å²) in [6, 6.07) is 17.5. The number of hydrogen-bond acceptors (Lipinski definition) is 8. The van der Waals surface area contributed by atoms with Crippen molar-refractivity contribution in [3.05, 3.63) is 71.8 Å². The van der Waals surface area contributed by atoms with Crippen molar-refractivity contribution in [2.24, 2.45) is 0 Å². The number of Topliss-reactive ketones (excluding diaryl/α,β-unsaturated/α-hetero) is 1. The Balaban J connectivity index is 1.61. The maximum absolute atomic E-state index is 12.1. The second-order valence-electron chi connectivity index (χ2n) is 6.18. The molecule has 30 heavy (non-hydrogen) atoms. The first-order valence-corrected chi connectivity index (χ1v) is 10.1. The molecular weight excluding hydrogens is 408 g/mol. The van der Waals surface area contributed by atoms with E-state index < -0.39 is 29.3 Å². The molecule has 0 aliphatic carbocycles. The van der Waals surface area contributed by atoms with Crippen LogP contribution in [0, 0.1) is 0 Å². The molecule has 2 aromatic rings. The van der Waals surface area contributed by atoms with Crippen LogP contribution in [0.3, 0.4) is 0 Å². The predicted molar refractivity (Wildman–Crippen MR) is 111 cm³/mol. The van der Waals surface area contributed by atoms with Crippen molar-refractivity contribution < 1.29 is 33.4 Å². The Morgan fingerprint density at radius 2 is 1.47 bits per heavy atom. The van der Waals surface area contributed by atoms with Gasteiger partial charge >= 0.3 is 17.2 Å². The molecule has 7 nitrogen and oxygen atoms in total. The largest absolute Gasteiger partial charge is 0.461 e. The molecule has 1 atom stereocenters. The van der Waals surface area contributed by atoms with Crippen LogP contribution in [0.1, 0.15) is 35.7 Å². The first-order valence-electron chi connectivity index (χ1n) is 9.23. The lowest BCUT2D eigenvalue weighted by Crippen LogP contribution is -2.18. The van der Waals surface area contributed by atoms with Crippen LogP contribution in [0.2, 0.25) is 0 Å². The van der Waals surface area contributed by atoms with Crippen molar-refractivity contribution in [2.75, 3.05) is 6.79 Å². The van der Waals surface area contributed by atoms with Gasteiger partial charge in [0, 0.05) is 6.42 Å². The van der Waals surface area contributed by atoms with Gasteiger partial charge in [0.05, 0.1) is 17.2 Å². The number of ether oxygens (including phenoxy) is 3. The third kappa shape index (κ3) is 8.48. The molecule has 0 bridgehead atoms. The molecule has 0 N–H and O–H groups in total. The fraction of sp³-hybridized carbons (Fsp3) is 0.273. The van der Waals surface area contributed by atoms with Gasteiger partial charge in [0.25, 0.3) is 0 Å². The predicted octanol–water partition coefficient (Wildman–Crippen LogP) is 4.15. The summed E-state index contributed by atoms with van der Waals surface area (Å²) in [7, 11) is 0. The van der Waals surface area contributed by atoms with Gasteiger partial charge in [-0.1, -0.05) is 48.5 Å². The third-order valence-electron chi connectivity index (χ3n) is 3.92. The number of carbonyl (C=O) groups is 4. The molecule has 0 fully saturated rings. The van der Waals surface area contributed by atoms with Crippen LogP contribution in [-0.4, -0.2) is 35.1 Å². The molecule has 0 radical (unpaired) electrons. The fourth-order valence-electron chi connectivity index (χ4n) is 2.27. The zero-order valence-electron chi connectivity index (χ0n) is 16.4. The SMILES string of the molecule is CC(SC(=O)OCOC(=O)c1ccccc1)C(=O)CCC(=O)OCc1ccccc1. The first kappa shape index (κ1) is 23.2. The zero-order valence-corrected chi connectivity index (χ0v) is 17.3. The number of esters is 2. The minimum Gasteiger partial charge on any atom is -0.461 e. The maximum atomic E-state index is 12.1. The molecule has 0 aliphatic rings. The number of benzene rings is 2. The van der Waals surface area contributed by atoms with Crippen LogP contribution in [0.15, 0.2) is 60.7 Å². The molecule has 0 spiro atoms. The smallest absolute Gasteiger partial charge is 0.370 e. The minimum absolute atomic E-state index is 0.0436. The van der Waals surface area contributed by atoms with E-state index in [1.807, 2.05) is 30.3 Å². The second kappa shape index (κ2) is 12.4. The van der Waals surface area contributed by atoms with Gasteiger partial charge in [-0.2, -0.15) is 0 Å². The van der Waals surface area contributed by atoms with E-state index in [0.29, 0.717) is 17.3 Å². The normalized spacial score (nSPS) is 11.2. The molecule has 0 saturated heterocycles. The first-order chi connectivity index (χ1) is 14.5. The van der Waals surface area contributed by atoms with E-state index >= 15 is 0 Å². The summed E-state index contributed by atoms with van der Waals surface area (Å²) < 4.78 is 14.8. The molecule has 8 heteroatoms. The van der Waals surface area contributed by atoms with E-state index in [0.717, 1.165) is 5.56 Å². The summed E-state index contributed by atoms with van der Waals surface area (Å²) in [5.41, 5.74) is 1.20. The Labute approximate surface area is 178 Å². The number of hydrogen-bond donors (Lipinski definition) is 0. The Morgan fingerprint density at radius 3 is 2.13 bits per heavy atom. The van der Waals surface area contributed by atoms with Crippen molar-refractivity contribution in [1.82, 2.24) is 0 Å². The van der Waals surface area contributed by atoms with Gasteiger partial charge in [-0.3, -0.25) is 9.59 Å². The number of ketones is 1. The summed E-state index contributed by atoms with van der Waals surface area (Å²) in [6.45, 7) is 1.14. The summed E-state index contributed by atoms with van der Waals surface area (Å²) in [6.07, 6.45) is -0.113. The summed E-state index contributed by atoms with van der Waals surface area (Å²) in [4.78, 5) is 47.4. The molecular formula is C22H22O7S. The van der Waals surface area contributed by atoms with Crippen LogP contribution >= 0.6 is 11.8 Å². The second-order valence-corrected chi connectivity index (χ2v) is 7.46. The van der Waals surface area contributed by atoms with E-state index in [2.05, 4.69) is 0 Å². The average molecular weight is 430 g/mol. The minimum atomic E-state index is -0.747. The van der Waals surface area contributed by atoms with E-state index in [9.17, 15) is 19.2 Å². The fourth-order valence-corrected chi connectivity index (χ4v) is 2.93. The highest BCUT2D eigenvalue weighted by Gasteiger charge is 2.20. The highest BCUT2D eigenvalue weighted by atomic mass is 32.2. The van der Waals surface area contributed by atoms with Gasteiger partial charge < -0.3 is 14.2 Å². The van der Waals surface area contributed by atoms with E-state index in [1.165, 1.54) is 0 Å². The molecule has 0 aromatic heterocycles. The van der Waals surface area contributed by atoms with Crippen LogP contribution in [0.5, 0.6) is 0 Å². The summed E-state index contributed by atoms with van der Waals surface area (Å²) in [5, 5.41) is -1.45. The summed E-state index contributed by atoms with van der Waals surface area (Å²) >= 11 is 0.663. The monoisotopic (exact) mass is 430 g/mol. The molecule has 0 aliphatic heterocycles. The molecule has 1 unspecified atom stereocenters. The highest BCUT2D eigenvalue weighted by Crippen LogP contribution is 2.17. The van der Waals surface area contributed by atoms with Crippen molar-refractivity contribution in [1.29, 1.82) is 0 Å². The molecule has 0 heterocycles. The van der Waals surface area contributed by atoms with Crippen molar-refractivity contribution >= 4 is 34.8 Å². The number of carbonyl (C=O) groups excluding carboxylic acids is 4. The topological polar surface area (TPSA) is 96.0 Å². The lowest BCUT2D eigenvalue weighted by molar-refractivity contribution is -0.146. The average Bonchev–Trinajstić information content (AvgIpc) is 2.77. The van der Waals surface area contributed by atoms with Crippen LogP contribution in [0.25, 0.3) is 0 Å². The van der Waals surface area contributed by atoms with Crippen molar-refractivity contribution in [2.45, 2.75) is 31.6 Å². The Hall–Kier alpha value is -3.13. The van der Waals surface area contributed by atoms with Gasteiger partial charge in [0.2, 0.25) is 6.79 Å². The highest BCUT2D eigenvalue weighted by molar-refractivity contribution is 8.14. The van der Waals surface area contributed by atoms with E-state index in [4.69, 9.17) is 14.2 Å². The molecule has 2 rings (SSSR count). The third-order valence-corrected chi connectivity index (χ3v) is 4.85. The zero-order chi connectivity index (χ0) is 21.8. The Morgan fingerprint density at radius 1 is 0.833 bits per heavy atom. The van der Waals surface area contributed by atoms with Crippen LogP contribution < -0.4 is 0 Å². The number of thioether (sulfide) groups is 1. The molecule has 0 amide bonds. The van der Waals surface area contributed by atoms with Crippen molar-refractivity contribution in [3.8, 4) is 0 Å². The Kier molecular flexibility index (Phi) is 9.60. The quantitative estimate of drug-likeness (QED) is 0.410. The standard InChI is InChI=1S/C22H22O7S/c1-16(19(23)12-13-20(24)27-14-17-8-4-2-5-9-17)30-22(26)29-15-28-21(25)18-10-6-3-7-11-18/h2-11,16H,12-15H2,1H3. The lowest BCUT2D eigenvalue weighted by Gasteiger charge is -2.10. The van der Waals surface area contributed by atoms with Gasteiger partial charge in [-0.15, -0.1) is 0 Å². The summed E-state index contributed by atoms with van der Waals surface area (Å²) in [5.74, 6) is -1.39. The van der Waals surface area contributed by atoms with Gasteiger partial charge in [-0.25, -0.2) is 9.59 Å². The lowest BCUT2D eigenvalue weighted by atomic mass is 10.2. The van der Waals surface area contributed by atoms with Crippen LogP contribution in [0.4, 0.5) is 4.79 Å². The Bertz CT molecular complexity index is 852. The van der Waals surface area contributed by atoms with E-state index in [1.54, 1.807) is 37.3 Å². The van der Waals surface area contributed by atoms with E-state index in [-0.39, 0.29) is 25.2 Å². The van der Waals surface area contributed by atoms with Gasteiger partial charge in [0.15, 0.2) is 0 Å². The number of rotatable bonds is 10. The molecule has 158 valence electrons. The van der Waals surface area contributed by atoms with Gasteiger partial charge in [-0.05, 0) is 36.4 Å². The van der Waals surface area contributed by atoms with Gasteiger partial charge in [0.1, 0.15) is 12.4 Å². The molecule has 2 aromatic carbocycles. The van der Waals surface area contributed by atoms with Crippen LogP contribution in [-0.2, 0) is 30.4 Å². The maximum Gasteiger partial charge on any atom is 0.370 e. The molecule has 0 saturated carbocycles. The van der Waals surface area contributed by atoms with Crippen molar-refractivity contribution in [3.63, 3.8) is 0 Å².